The molecule has 2 aromatic heterocycles. The van der Waals surface area contributed by atoms with E-state index in [-0.39, 0.29) is 12.6 Å². The van der Waals surface area contributed by atoms with Gasteiger partial charge in [-0.2, -0.15) is 0 Å². The summed E-state index contributed by atoms with van der Waals surface area (Å²) in [6.07, 6.45) is 4.93. The number of nitrogen functional groups attached to an aromatic ring is 1. The van der Waals surface area contributed by atoms with Gasteiger partial charge in [0.2, 0.25) is 0 Å². The van der Waals surface area contributed by atoms with Gasteiger partial charge in [0, 0.05) is 6.61 Å². The van der Waals surface area contributed by atoms with Crippen LogP contribution in [0.4, 0.5) is 10.2 Å². The number of rotatable bonds is 3. The Labute approximate surface area is 116 Å². The van der Waals surface area contributed by atoms with Crippen LogP contribution in [-0.2, 0) is 0 Å². The molecule has 1 aliphatic rings. The zero-order valence-corrected chi connectivity index (χ0v) is 11.3. The molecule has 0 radical (unpaired) electrons. The van der Waals surface area contributed by atoms with Crippen LogP contribution >= 0.6 is 0 Å². The molecule has 1 aliphatic carbocycles. The van der Waals surface area contributed by atoms with E-state index >= 15 is 0 Å². The number of halogens is 1. The topological polar surface area (TPSA) is 89.8 Å². The van der Waals surface area contributed by atoms with Crippen LogP contribution in [0.15, 0.2) is 24.8 Å². The zero-order chi connectivity index (χ0) is 14.7. The quantitative estimate of drug-likeness (QED) is 0.831. The molecule has 0 aliphatic heterocycles. The van der Waals surface area contributed by atoms with E-state index in [9.17, 15) is 4.39 Å². The Kier molecular flexibility index (Phi) is 4.29. The fourth-order valence-electron chi connectivity index (χ4n) is 2.53. The number of aliphatic hydroxyl groups is 1. The van der Waals surface area contributed by atoms with E-state index in [4.69, 9.17) is 10.8 Å². The summed E-state index contributed by atoms with van der Waals surface area (Å²) in [5.41, 5.74) is 8.26. The van der Waals surface area contributed by atoms with Crippen molar-refractivity contribution in [2.24, 2.45) is 5.92 Å². The predicted molar refractivity (Wildman–Crippen MR) is 74.8 cm³/mol. The smallest absolute Gasteiger partial charge is 0.165 e. The second kappa shape index (κ2) is 5.96. The van der Waals surface area contributed by atoms with Crippen molar-refractivity contribution in [2.45, 2.75) is 18.9 Å². The minimum atomic E-state index is 0.205. The van der Waals surface area contributed by atoms with Gasteiger partial charge in [-0.25, -0.2) is 15.0 Å². The van der Waals surface area contributed by atoms with E-state index in [1.807, 2.05) is 4.57 Å². The van der Waals surface area contributed by atoms with Gasteiger partial charge in [-0.1, -0.05) is 12.2 Å². The molecule has 0 saturated heterocycles. The third-order valence-corrected chi connectivity index (χ3v) is 3.66. The van der Waals surface area contributed by atoms with Crippen molar-refractivity contribution >= 4 is 17.0 Å². The summed E-state index contributed by atoms with van der Waals surface area (Å²) in [5, 5.41) is 8.95. The molecule has 6 nitrogen and oxygen atoms in total. The van der Waals surface area contributed by atoms with Crippen LogP contribution in [0.25, 0.3) is 11.2 Å². The first-order chi connectivity index (χ1) is 9.72. The SMILES string of the molecule is C=C1C(CCO)CC1n1cnc2c(N)ncnc21.CF. The third-order valence-electron chi connectivity index (χ3n) is 3.66. The Bertz CT molecular complexity index is 612. The molecule has 1 fully saturated rings. The highest BCUT2D eigenvalue weighted by Gasteiger charge is 2.35. The van der Waals surface area contributed by atoms with Gasteiger partial charge < -0.3 is 15.4 Å². The van der Waals surface area contributed by atoms with Crippen molar-refractivity contribution in [2.75, 3.05) is 19.5 Å². The van der Waals surface area contributed by atoms with Gasteiger partial charge in [-0.3, -0.25) is 4.39 Å². The molecule has 3 rings (SSSR count). The van der Waals surface area contributed by atoms with E-state index < -0.39 is 0 Å². The van der Waals surface area contributed by atoms with Crippen molar-refractivity contribution in [3.63, 3.8) is 0 Å². The standard InChI is InChI=1S/C12H15N5O.CH3F/c1-7-8(2-3-18)4-9(7)17-6-16-10-11(13)14-5-15-12(10)17;1-2/h5-6,8-9,18H,1-4H2,(H2,13,14,15);1H3. The van der Waals surface area contributed by atoms with Crippen molar-refractivity contribution in [3.8, 4) is 0 Å². The van der Waals surface area contributed by atoms with Crippen LogP contribution in [0.1, 0.15) is 18.9 Å². The monoisotopic (exact) mass is 279 g/mol. The minimum absolute atomic E-state index is 0.205. The molecular formula is C13H18FN5O. The van der Waals surface area contributed by atoms with Crippen LogP contribution < -0.4 is 5.73 Å². The molecule has 2 aromatic rings. The molecule has 7 heteroatoms. The number of anilines is 1. The molecule has 0 aromatic carbocycles. The number of nitrogens with zero attached hydrogens (tertiary/aromatic N) is 4. The van der Waals surface area contributed by atoms with E-state index in [0.29, 0.717) is 24.4 Å². The summed E-state index contributed by atoms with van der Waals surface area (Å²) in [4.78, 5) is 12.4. The fraction of sp³-hybridized carbons (Fsp3) is 0.462. The summed E-state index contributed by atoms with van der Waals surface area (Å²) < 4.78 is 11.5. The highest BCUT2D eigenvalue weighted by molar-refractivity contribution is 5.81. The van der Waals surface area contributed by atoms with Crippen LogP contribution in [-0.4, -0.2) is 38.4 Å². The molecule has 2 unspecified atom stereocenters. The molecule has 2 atom stereocenters. The number of allylic oxidation sites excluding steroid dienone is 1. The second-order valence-electron chi connectivity index (χ2n) is 4.62. The largest absolute Gasteiger partial charge is 0.396 e. The van der Waals surface area contributed by atoms with Crippen molar-refractivity contribution in [3.05, 3.63) is 24.8 Å². The zero-order valence-electron chi connectivity index (χ0n) is 11.3. The van der Waals surface area contributed by atoms with Gasteiger partial charge in [-0.15, -0.1) is 0 Å². The van der Waals surface area contributed by atoms with Crippen LogP contribution in [0.2, 0.25) is 0 Å². The van der Waals surface area contributed by atoms with Crippen LogP contribution in [0.3, 0.4) is 0 Å². The number of aliphatic hydroxyl groups excluding tert-OH is 1. The van der Waals surface area contributed by atoms with E-state index in [2.05, 4.69) is 21.5 Å². The lowest BCUT2D eigenvalue weighted by Crippen LogP contribution is -2.30. The van der Waals surface area contributed by atoms with Gasteiger partial charge in [0.05, 0.1) is 19.5 Å². The van der Waals surface area contributed by atoms with E-state index in [1.54, 1.807) is 6.33 Å². The summed E-state index contributed by atoms with van der Waals surface area (Å²) >= 11 is 0. The Balaban J connectivity index is 0.000000704. The Morgan fingerprint density at radius 1 is 1.45 bits per heavy atom. The lowest BCUT2D eigenvalue weighted by molar-refractivity contribution is 0.219. The highest BCUT2D eigenvalue weighted by Crippen LogP contribution is 2.45. The van der Waals surface area contributed by atoms with Gasteiger partial charge in [0.25, 0.3) is 0 Å². The highest BCUT2D eigenvalue weighted by atomic mass is 19.1. The number of aromatic nitrogens is 4. The Morgan fingerprint density at radius 3 is 2.85 bits per heavy atom. The maximum atomic E-state index is 9.50. The first kappa shape index (κ1) is 14.4. The molecule has 20 heavy (non-hydrogen) atoms. The van der Waals surface area contributed by atoms with E-state index in [0.717, 1.165) is 24.1 Å². The normalized spacial score (nSPS) is 21.2. The summed E-state index contributed by atoms with van der Waals surface area (Å²) in [6.45, 7) is 4.30. The summed E-state index contributed by atoms with van der Waals surface area (Å²) in [6, 6.07) is 0.209. The van der Waals surface area contributed by atoms with Gasteiger partial charge in [-0.05, 0) is 18.8 Å². The molecular weight excluding hydrogens is 261 g/mol. The maximum absolute atomic E-state index is 9.50. The lowest BCUT2D eigenvalue weighted by atomic mass is 9.74. The summed E-state index contributed by atoms with van der Waals surface area (Å²) in [7, 11) is 0.500. The molecule has 1 saturated carbocycles. The van der Waals surface area contributed by atoms with Crippen molar-refractivity contribution in [1.82, 2.24) is 19.5 Å². The second-order valence-corrected chi connectivity index (χ2v) is 4.62. The average molecular weight is 279 g/mol. The molecule has 0 spiro atoms. The van der Waals surface area contributed by atoms with Crippen LogP contribution in [0, 0.1) is 5.92 Å². The van der Waals surface area contributed by atoms with Crippen LogP contribution in [0.5, 0.6) is 0 Å². The molecule has 3 N–H and O–H groups in total. The van der Waals surface area contributed by atoms with E-state index in [1.165, 1.54) is 6.33 Å². The van der Waals surface area contributed by atoms with Gasteiger partial charge in [0.1, 0.15) is 11.8 Å². The number of nitrogens with two attached hydrogens (primary N) is 1. The number of fused-ring (bicyclic) bond motifs is 1. The lowest BCUT2D eigenvalue weighted by Gasteiger charge is -2.39. The number of imidazole rings is 1. The first-order valence-electron chi connectivity index (χ1n) is 6.32. The predicted octanol–water partition coefficient (Wildman–Crippen LogP) is 1.49. The molecule has 0 bridgehead atoms. The molecule has 2 heterocycles. The third kappa shape index (κ3) is 2.24. The molecule has 108 valence electrons. The number of hydrogen-bond acceptors (Lipinski definition) is 5. The van der Waals surface area contributed by atoms with Crippen molar-refractivity contribution in [1.29, 1.82) is 0 Å². The number of hydrogen-bond donors (Lipinski definition) is 2. The molecule has 0 amide bonds. The fourth-order valence-corrected chi connectivity index (χ4v) is 2.53. The summed E-state index contributed by atoms with van der Waals surface area (Å²) in [5.74, 6) is 0.798. The number of alkyl halides is 1. The maximum Gasteiger partial charge on any atom is 0.165 e. The first-order valence-corrected chi connectivity index (χ1v) is 6.32. The van der Waals surface area contributed by atoms with Crippen molar-refractivity contribution < 1.29 is 9.50 Å². The minimum Gasteiger partial charge on any atom is -0.396 e. The Hall–Kier alpha value is -2.02. The van der Waals surface area contributed by atoms with Gasteiger partial charge >= 0.3 is 0 Å². The average Bonchev–Trinajstić information content (AvgIpc) is 2.90. The van der Waals surface area contributed by atoms with Gasteiger partial charge in [0.15, 0.2) is 11.5 Å². The Morgan fingerprint density at radius 2 is 2.20 bits per heavy atom.